The molecule has 1 aliphatic heterocycles. The summed E-state index contributed by atoms with van der Waals surface area (Å²) in [5, 5.41) is 0. The van der Waals surface area contributed by atoms with E-state index >= 15 is 0 Å². The Morgan fingerprint density at radius 3 is 2.70 bits per heavy atom. The highest BCUT2D eigenvalue weighted by atomic mass is 16.4. The fourth-order valence-corrected chi connectivity index (χ4v) is 3.79. The average Bonchev–Trinajstić information content (AvgIpc) is 3.18. The lowest BCUT2D eigenvalue weighted by Gasteiger charge is -2.26. The van der Waals surface area contributed by atoms with Crippen molar-refractivity contribution in [2.24, 2.45) is 0 Å². The number of carbonyl (C=O) groups excluding carboxylic acids is 1. The van der Waals surface area contributed by atoms with Crippen molar-refractivity contribution in [3.63, 3.8) is 0 Å². The van der Waals surface area contributed by atoms with Crippen LogP contribution in [0.25, 0.3) is 0 Å². The van der Waals surface area contributed by atoms with E-state index in [1.807, 2.05) is 57.2 Å². The molecular formula is C24H27N3O3. The van der Waals surface area contributed by atoms with Crippen LogP contribution in [-0.4, -0.2) is 26.9 Å². The second-order valence-corrected chi connectivity index (χ2v) is 8.16. The van der Waals surface area contributed by atoms with Gasteiger partial charge in [0.15, 0.2) is 5.89 Å². The number of aryl methyl sites for hydroxylation is 3. The van der Waals surface area contributed by atoms with Gasteiger partial charge in [0, 0.05) is 31.6 Å². The normalized spacial score (nSPS) is 13.5. The molecule has 1 aliphatic rings. The zero-order valence-corrected chi connectivity index (χ0v) is 17.7. The highest BCUT2D eigenvalue weighted by Crippen LogP contribution is 2.24. The van der Waals surface area contributed by atoms with Crippen LogP contribution in [0.2, 0.25) is 0 Å². The summed E-state index contributed by atoms with van der Waals surface area (Å²) < 4.78 is 7.46. The van der Waals surface area contributed by atoms with Gasteiger partial charge in [-0.3, -0.25) is 9.59 Å². The minimum Gasteiger partial charge on any atom is -0.445 e. The zero-order valence-electron chi connectivity index (χ0n) is 17.7. The Balaban J connectivity index is 1.55. The maximum Gasteiger partial charge on any atom is 0.263 e. The lowest BCUT2D eigenvalue weighted by Crippen LogP contribution is -2.40. The Bertz CT molecular complexity index is 1110. The number of oxazole rings is 1. The predicted octanol–water partition coefficient (Wildman–Crippen LogP) is 3.71. The zero-order chi connectivity index (χ0) is 21.3. The van der Waals surface area contributed by atoms with Gasteiger partial charge >= 0.3 is 0 Å². The van der Waals surface area contributed by atoms with Gasteiger partial charge < -0.3 is 13.9 Å². The summed E-state index contributed by atoms with van der Waals surface area (Å²) in [6.07, 6.45) is 3.13. The summed E-state index contributed by atoms with van der Waals surface area (Å²) in [6.45, 7) is 7.32. The van der Waals surface area contributed by atoms with E-state index < -0.39 is 0 Å². The van der Waals surface area contributed by atoms with Crippen LogP contribution in [0.3, 0.4) is 0 Å². The summed E-state index contributed by atoms with van der Waals surface area (Å²) in [5.74, 6) is 1.53. The number of pyridine rings is 1. The SMILES string of the molecule is Cc1ccn(CCc2ccccc2)c(=O)c1C(=O)N1CCc2oc(C(C)C)nc2C1. The van der Waals surface area contributed by atoms with Gasteiger partial charge in [-0.15, -0.1) is 0 Å². The van der Waals surface area contributed by atoms with Crippen molar-refractivity contribution >= 4 is 5.91 Å². The van der Waals surface area contributed by atoms with E-state index in [0.717, 1.165) is 23.4 Å². The molecule has 2 aromatic heterocycles. The van der Waals surface area contributed by atoms with E-state index in [1.165, 1.54) is 0 Å². The number of hydrogen-bond acceptors (Lipinski definition) is 4. The quantitative estimate of drug-likeness (QED) is 0.649. The third-order valence-corrected chi connectivity index (χ3v) is 5.60. The minimum absolute atomic E-state index is 0.202. The summed E-state index contributed by atoms with van der Waals surface area (Å²) in [5.41, 5.74) is 2.69. The Morgan fingerprint density at radius 2 is 1.97 bits per heavy atom. The molecule has 0 atom stereocenters. The van der Waals surface area contributed by atoms with Crippen molar-refractivity contribution in [1.82, 2.24) is 14.5 Å². The summed E-state index contributed by atoms with van der Waals surface area (Å²) in [4.78, 5) is 32.7. The smallest absolute Gasteiger partial charge is 0.263 e. The molecule has 0 spiro atoms. The van der Waals surface area contributed by atoms with Crippen LogP contribution in [-0.2, 0) is 25.9 Å². The van der Waals surface area contributed by atoms with Crippen molar-refractivity contribution in [2.75, 3.05) is 6.54 Å². The van der Waals surface area contributed by atoms with E-state index in [9.17, 15) is 9.59 Å². The molecule has 0 bridgehead atoms. The van der Waals surface area contributed by atoms with Gasteiger partial charge in [-0.2, -0.15) is 0 Å². The van der Waals surface area contributed by atoms with Crippen LogP contribution in [0.4, 0.5) is 0 Å². The van der Waals surface area contributed by atoms with Crippen LogP contribution in [0, 0.1) is 6.92 Å². The number of aromatic nitrogens is 2. The molecule has 3 heterocycles. The van der Waals surface area contributed by atoms with Gasteiger partial charge in [0.2, 0.25) is 0 Å². The first kappa shape index (κ1) is 20.1. The predicted molar refractivity (Wildman–Crippen MR) is 115 cm³/mol. The molecule has 4 rings (SSSR count). The molecule has 1 aromatic carbocycles. The van der Waals surface area contributed by atoms with Crippen LogP contribution >= 0.6 is 0 Å². The molecule has 0 aliphatic carbocycles. The maximum atomic E-state index is 13.3. The molecule has 0 unspecified atom stereocenters. The number of hydrogen-bond donors (Lipinski definition) is 0. The third kappa shape index (κ3) is 3.95. The molecule has 0 saturated carbocycles. The van der Waals surface area contributed by atoms with E-state index in [4.69, 9.17) is 4.42 Å². The average molecular weight is 405 g/mol. The largest absolute Gasteiger partial charge is 0.445 e. The highest BCUT2D eigenvalue weighted by Gasteiger charge is 2.29. The Hall–Kier alpha value is -3.15. The Morgan fingerprint density at radius 1 is 1.20 bits per heavy atom. The van der Waals surface area contributed by atoms with E-state index in [-0.39, 0.29) is 22.9 Å². The van der Waals surface area contributed by atoms with Gasteiger partial charge in [0.25, 0.3) is 11.5 Å². The van der Waals surface area contributed by atoms with Crippen molar-refractivity contribution in [2.45, 2.75) is 52.6 Å². The Labute approximate surface area is 176 Å². The van der Waals surface area contributed by atoms with Gasteiger partial charge in [-0.1, -0.05) is 44.2 Å². The molecule has 0 saturated heterocycles. The summed E-state index contributed by atoms with van der Waals surface area (Å²) in [7, 11) is 0. The first-order chi connectivity index (χ1) is 14.4. The molecule has 3 aromatic rings. The third-order valence-electron chi connectivity index (χ3n) is 5.60. The first-order valence-electron chi connectivity index (χ1n) is 10.5. The molecule has 156 valence electrons. The number of carbonyl (C=O) groups is 1. The van der Waals surface area contributed by atoms with E-state index in [1.54, 1.807) is 15.7 Å². The van der Waals surface area contributed by atoms with Crippen LogP contribution < -0.4 is 5.56 Å². The maximum absolute atomic E-state index is 13.3. The van der Waals surface area contributed by atoms with Gasteiger partial charge in [-0.25, -0.2) is 4.98 Å². The second-order valence-electron chi connectivity index (χ2n) is 8.16. The first-order valence-corrected chi connectivity index (χ1v) is 10.5. The lowest BCUT2D eigenvalue weighted by molar-refractivity contribution is 0.0724. The molecule has 0 N–H and O–H groups in total. The molecule has 0 radical (unpaired) electrons. The minimum atomic E-state index is -0.232. The summed E-state index contributed by atoms with van der Waals surface area (Å²) >= 11 is 0. The molecule has 30 heavy (non-hydrogen) atoms. The fraction of sp³-hybridized carbons (Fsp3) is 0.375. The highest BCUT2D eigenvalue weighted by molar-refractivity contribution is 5.95. The van der Waals surface area contributed by atoms with Crippen molar-refractivity contribution in [1.29, 1.82) is 0 Å². The van der Waals surface area contributed by atoms with Crippen LogP contribution in [0.1, 0.15) is 58.6 Å². The molecule has 6 heteroatoms. The fourth-order valence-electron chi connectivity index (χ4n) is 3.79. The molecule has 0 fully saturated rings. The van der Waals surface area contributed by atoms with Crippen LogP contribution in [0.5, 0.6) is 0 Å². The number of benzene rings is 1. The second kappa shape index (κ2) is 8.30. The number of rotatable bonds is 5. The lowest BCUT2D eigenvalue weighted by atomic mass is 10.1. The van der Waals surface area contributed by atoms with E-state index in [0.29, 0.717) is 37.5 Å². The van der Waals surface area contributed by atoms with Gasteiger partial charge in [0.05, 0.1) is 6.54 Å². The molecule has 1 amide bonds. The monoisotopic (exact) mass is 405 g/mol. The van der Waals surface area contributed by atoms with E-state index in [2.05, 4.69) is 4.98 Å². The van der Waals surface area contributed by atoms with Gasteiger partial charge in [-0.05, 0) is 30.5 Å². The van der Waals surface area contributed by atoms with Crippen LogP contribution in [0.15, 0.2) is 51.8 Å². The Kier molecular flexibility index (Phi) is 5.57. The van der Waals surface area contributed by atoms with Crippen molar-refractivity contribution < 1.29 is 9.21 Å². The number of fused-ring (bicyclic) bond motifs is 1. The molecule has 6 nitrogen and oxygen atoms in total. The molecular weight excluding hydrogens is 378 g/mol. The number of amides is 1. The van der Waals surface area contributed by atoms with Gasteiger partial charge in [0.1, 0.15) is 17.0 Å². The van der Waals surface area contributed by atoms with Crippen molar-refractivity contribution in [3.8, 4) is 0 Å². The topological polar surface area (TPSA) is 68.3 Å². The number of nitrogens with zero attached hydrogens (tertiary/aromatic N) is 3. The van der Waals surface area contributed by atoms with Crippen molar-refractivity contribution in [3.05, 3.63) is 87.0 Å². The standard InChI is InChI=1S/C24H27N3O3/c1-16(2)22-25-19-15-27(14-11-20(19)30-22)24(29)21-17(3)9-12-26(23(21)28)13-10-18-7-5-4-6-8-18/h4-9,12,16H,10-11,13-15H2,1-3H3. The summed E-state index contributed by atoms with van der Waals surface area (Å²) in [6, 6.07) is 11.9.